The summed E-state index contributed by atoms with van der Waals surface area (Å²) in [5.74, 6) is 0. The highest BCUT2D eigenvalue weighted by molar-refractivity contribution is 9.08. The van der Waals surface area contributed by atoms with Crippen LogP contribution in [-0.4, -0.2) is 0 Å². The first kappa shape index (κ1) is 8.76. The van der Waals surface area contributed by atoms with Crippen LogP contribution < -0.4 is 0 Å². The van der Waals surface area contributed by atoms with Crippen molar-refractivity contribution in [2.24, 2.45) is 0 Å². The Hall–Kier alpha value is -0.820. The molecule has 1 heteroatoms. The molecule has 13 heavy (non-hydrogen) atoms. The minimum Gasteiger partial charge on any atom is -0.0876 e. The summed E-state index contributed by atoms with van der Waals surface area (Å²) in [4.78, 5) is 0. The van der Waals surface area contributed by atoms with Crippen molar-refractivity contribution in [1.29, 1.82) is 0 Å². The van der Waals surface area contributed by atoms with Crippen molar-refractivity contribution >= 4 is 26.7 Å². The Morgan fingerprint density at radius 2 is 2.00 bits per heavy atom. The van der Waals surface area contributed by atoms with Crippen LogP contribution in [0.4, 0.5) is 0 Å². The zero-order valence-corrected chi connectivity index (χ0v) is 9.14. The van der Waals surface area contributed by atoms with E-state index >= 15 is 0 Å². The van der Waals surface area contributed by atoms with Gasteiger partial charge >= 0.3 is 0 Å². The molecule has 0 aromatic heterocycles. The minimum atomic E-state index is 0.924. The highest BCUT2D eigenvalue weighted by atomic mass is 79.9. The van der Waals surface area contributed by atoms with Gasteiger partial charge in [-0.2, -0.15) is 0 Å². The van der Waals surface area contributed by atoms with Gasteiger partial charge in [0, 0.05) is 5.33 Å². The Labute approximate surface area is 86.7 Å². The number of benzene rings is 2. The van der Waals surface area contributed by atoms with Gasteiger partial charge in [-0.1, -0.05) is 57.9 Å². The SMILES string of the molecule is Cc1ccc2c(CBr)cccc2c1. The Bertz CT molecular complexity index is 432. The van der Waals surface area contributed by atoms with Crippen LogP contribution in [0.2, 0.25) is 0 Å². The van der Waals surface area contributed by atoms with Crippen LogP contribution in [0.3, 0.4) is 0 Å². The van der Waals surface area contributed by atoms with Crippen molar-refractivity contribution in [2.75, 3.05) is 0 Å². The van der Waals surface area contributed by atoms with Gasteiger partial charge in [-0.25, -0.2) is 0 Å². The molecular formula is C12H11Br. The number of aryl methyl sites for hydroxylation is 1. The molecule has 0 aliphatic rings. The van der Waals surface area contributed by atoms with Crippen molar-refractivity contribution in [1.82, 2.24) is 0 Å². The maximum absolute atomic E-state index is 3.50. The van der Waals surface area contributed by atoms with Crippen molar-refractivity contribution in [3.8, 4) is 0 Å². The van der Waals surface area contributed by atoms with E-state index in [9.17, 15) is 0 Å². The molecule has 0 saturated carbocycles. The summed E-state index contributed by atoms with van der Waals surface area (Å²) >= 11 is 3.50. The second-order valence-corrected chi connectivity index (χ2v) is 3.84. The van der Waals surface area contributed by atoms with Gasteiger partial charge in [0.1, 0.15) is 0 Å². The number of hydrogen-bond acceptors (Lipinski definition) is 0. The number of rotatable bonds is 1. The highest BCUT2D eigenvalue weighted by Crippen LogP contribution is 2.21. The van der Waals surface area contributed by atoms with Gasteiger partial charge in [0.25, 0.3) is 0 Å². The molecular weight excluding hydrogens is 224 g/mol. The summed E-state index contributed by atoms with van der Waals surface area (Å²) in [6.07, 6.45) is 0. The normalized spacial score (nSPS) is 10.6. The van der Waals surface area contributed by atoms with Crippen LogP contribution in [0.1, 0.15) is 11.1 Å². The zero-order valence-electron chi connectivity index (χ0n) is 7.55. The first-order valence-electron chi connectivity index (χ1n) is 4.35. The molecule has 0 N–H and O–H groups in total. The average molecular weight is 235 g/mol. The second-order valence-electron chi connectivity index (χ2n) is 3.28. The van der Waals surface area contributed by atoms with Gasteiger partial charge in [0.2, 0.25) is 0 Å². The smallest absolute Gasteiger partial charge is 0.0289 e. The average Bonchev–Trinajstić information content (AvgIpc) is 2.16. The lowest BCUT2D eigenvalue weighted by atomic mass is 10.0. The van der Waals surface area contributed by atoms with Crippen LogP contribution in [0.25, 0.3) is 10.8 Å². The quantitative estimate of drug-likeness (QED) is 0.654. The van der Waals surface area contributed by atoms with E-state index in [1.807, 2.05) is 0 Å². The van der Waals surface area contributed by atoms with Gasteiger partial charge < -0.3 is 0 Å². The predicted molar refractivity (Wildman–Crippen MR) is 61.3 cm³/mol. The third kappa shape index (κ3) is 1.61. The van der Waals surface area contributed by atoms with Crippen molar-refractivity contribution in [3.05, 3.63) is 47.5 Å². The van der Waals surface area contributed by atoms with E-state index in [4.69, 9.17) is 0 Å². The standard InChI is InChI=1S/C12H11Br/c1-9-5-6-12-10(7-9)3-2-4-11(12)8-13/h2-7H,8H2,1H3. The van der Waals surface area contributed by atoms with E-state index in [2.05, 4.69) is 59.3 Å². The molecule has 2 aromatic carbocycles. The zero-order chi connectivity index (χ0) is 9.26. The first-order chi connectivity index (χ1) is 6.31. The number of alkyl halides is 1. The predicted octanol–water partition coefficient (Wildman–Crippen LogP) is 4.04. The molecule has 0 fully saturated rings. The lowest BCUT2D eigenvalue weighted by Crippen LogP contribution is -1.81. The van der Waals surface area contributed by atoms with Crippen molar-refractivity contribution in [3.63, 3.8) is 0 Å². The molecule has 0 atom stereocenters. The van der Waals surface area contributed by atoms with E-state index in [1.165, 1.54) is 21.9 Å². The molecule has 0 unspecified atom stereocenters. The third-order valence-electron chi connectivity index (χ3n) is 2.27. The summed E-state index contributed by atoms with van der Waals surface area (Å²) in [6, 6.07) is 13.0. The van der Waals surface area contributed by atoms with E-state index in [0.29, 0.717) is 0 Å². The van der Waals surface area contributed by atoms with E-state index in [0.717, 1.165) is 5.33 Å². The fourth-order valence-electron chi connectivity index (χ4n) is 1.59. The molecule has 0 radical (unpaired) electrons. The molecule has 0 saturated heterocycles. The molecule has 66 valence electrons. The molecule has 2 aromatic rings. The largest absolute Gasteiger partial charge is 0.0876 e. The number of hydrogen-bond donors (Lipinski definition) is 0. The molecule has 0 heterocycles. The summed E-state index contributed by atoms with van der Waals surface area (Å²) < 4.78 is 0. The summed E-state index contributed by atoms with van der Waals surface area (Å²) in [5.41, 5.74) is 2.68. The monoisotopic (exact) mass is 234 g/mol. The van der Waals surface area contributed by atoms with Gasteiger partial charge in [-0.3, -0.25) is 0 Å². The van der Waals surface area contributed by atoms with E-state index in [-0.39, 0.29) is 0 Å². The molecule has 2 rings (SSSR count). The Balaban J connectivity index is 2.77. The highest BCUT2D eigenvalue weighted by Gasteiger charge is 1.98. The second kappa shape index (κ2) is 3.51. The van der Waals surface area contributed by atoms with E-state index in [1.54, 1.807) is 0 Å². The molecule has 0 amide bonds. The minimum absolute atomic E-state index is 0.924. The molecule has 0 aliphatic carbocycles. The molecule has 0 spiro atoms. The van der Waals surface area contributed by atoms with E-state index < -0.39 is 0 Å². The van der Waals surface area contributed by atoms with Crippen LogP contribution in [0.5, 0.6) is 0 Å². The summed E-state index contributed by atoms with van der Waals surface area (Å²) in [5, 5.41) is 3.61. The summed E-state index contributed by atoms with van der Waals surface area (Å²) in [7, 11) is 0. The lowest BCUT2D eigenvalue weighted by molar-refractivity contribution is 1.46. The Morgan fingerprint density at radius 3 is 2.77 bits per heavy atom. The van der Waals surface area contributed by atoms with Crippen LogP contribution in [0, 0.1) is 6.92 Å². The maximum atomic E-state index is 3.50. The Morgan fingerprint density at radius 1 is 1.15 bits per heavy atom. The van der Waals surface area contributed by atoms with Gasteiger partial charge in [0.15, 0.2) is 0 Å². The number of halogens is 1. The molecule has 0 aliphatic heterocycles. The maximum Gasteiger partial charge on any atom is 0.0289 e. The van der Waals surface area contributed by atoms with Gasteiger partial charge in [-0.05, 0) is 23.3 Å². The van der Waals surface area contributed by atoms with Crippen LogP contribution in [0.15, 0.2) is 36.4 Å². The third-order valence-corrected chi connectivity index (χ3v) is 2.87. The fraction of sp³-hybridized carbons (Fsp3) is 0.167. The van der Waals surface area contributed by atoms with Crippen LogP contribution >= 0.6 is 15.9 Å². The van der Waals surface area contributed by atoms with Crippen molar-refractivity contribution in [2.45, 2.75) is 12.3 Å². The van der Waals surface area contributed by atoms with Gasteiger partial charge in [-0.15, -0.1) is 0 Å². The van der Waals surface area contributed by atoms with Gasteiger partial charge in [0.05, 0.1) is 0 Å². The Kier molecular flexibility index (Phi) is 2.36. The van der Waals surface area contributed by atoms with Crippen LogP contribution in [-0.2, 0) is 5.33 Å². The lowest BCUT2D eigenvalue weighted by Gasteiger charge is -2.03. The topological polar surface area (TPSA) is 0 Å². The summed E-state index contributed by atoms with van der Waals surface area (Å²) in [6.45, 7) is 2.13. The molecule has 0 bridgehead atoms. The van der Waals surface area contributed by atoms with Crippen molar-refractivity contribution < 1.29 is 0 Å². The first-order valence-corrected chi connectivity index (χ1v) is 5.47. The fourth-order valence-corrected chi connectivity index (χ4v) is 2.08. The molecule has 0 nitrogen and oxygen atoms in total. The number of fused-ring (bicyclic) bond motifs is 1.